The minimum Gasteiger partial charge on any atom is -0.0149 e. The monoisotopic (exact) mass is 264 g/mol. The summed E-state index contributed by atoms with van der Waals surface area (Å²) in [5.74, 6) is 0. The van der Waals surface area contributed by atoms with E-state index in [9.17, 15) is 0 Å². The molecule has 5 heavy (non-hydrogen) atoms. The summed E-state index contributed by atoms with van der Waals surface area (Å²) in [6.45, 7) is 0. The molecule has 0 spiro atoms. The van der Waals surface area contributed by atoms with E-state index in [-0.39, 0.29) is 88.2 Å². The molecule has 32 valence electrons. The Kier molecular flexibility index (Phi) is 288. The second-order valence-corrected chi connectivity index (χ2v) is 0. The zero-order valence-corrected chi connectivity index (χ0v) is 5.93. The molecular weight excluding hydrogens is 255 g/mol. The molecule has 0 atom stereocenters. The second-order valence-electron chi connectivity index (χ2n) is 0. The standard InChI is InChI=1S/Al.Fe.Mo.H4Si.Ti.3H/h;;;1H4;;;;. The van der Waals surface area contributed by atoms with Crippen LogP contribution in [0.4, 0.5) is 0 Å². The third-order valence-corrected chi connectivity index (χ3v) is 0. The van der Waals surface area contributed by atoms with Gasteiger partial charge in [0.05, 0.1) is 0 Å². The maximum absolute atomic E-state index is 0. The van der Waals surface area contributed by atoms with Gasteiger partial charge in [0.15, 0.2) is 17.4 Å². The fourth-order valence-corrected chi connectivity index (χ4v) is 0. The van der Waals surface area contributed by atoms with Gasteiger partial charge >= 0.3 is 0 Å². The average molecular weight is 262 g/mol. The Morgan fingerprint density at radius 1 is 1.00 bits per heavy atom. The molecule has 0 N–H and O–H groups in total. The van der Waals surface area contributed by atoms with Crippen LogP contribution in [0.25, 0.3) is 0 Å². The fourth-order valence-electron chi connectivity index (χ4n) is 0. The van der Waals surface area contributed by atoms with Crippen LogP contribution in [0, 0.1) is 0 Å². The van der Waals surface area contributed by atoms with Crippen molar-refractivity contribution in [2.24, 2.45) is 0 Å². The van der Waals surface area contributed by atoms with E-state index >= 15 is 0 Å². The van der Waals surface area contributed by atoms with Crippen molar-refractivity contribution >= 4 is 28.3 Å². The van der Waals surface area contributed by atoms with Crippen LogP contribution < -0.4 is 0 Å². The van der Waals surface area contributed by atoms with Crippen molar-refractivity contribution in [1.82, 2.24) is 0 Å². The van der Waals surface area contributed by atoms with Gasteiger partial charge in [-0.3, -0.25) is 0 Å². The Morgan fingerprint density at radius 2 is 1.00 bits per heavy atom. The smallest absolute Gasteiger partial charge is 0.0149 e. The minimum absolute atomic E-state index is 0. The van der Waals surface area contributed by atoms with Crippen molar-refractivity contribution in [3.05, 3.63) is 0 Å². The molecule has 0 nitrogen and oxygen atoms in total. The molecule has 0 aliphatic heterocycles. The molecule has 0 radical (unpaired) electrons. The summed E-state index contributed by atoms with van der Waals surface area (Å²) in [5, 5.41) is 0. The predicted octanol–water partition coefficient (Wildman–Crippen LogP) is -2.64. The molecule has 0 aromatic rings. The molecule has 0 bridgehead atoms. The third-order valence-electron chi connectivity index (χ3n) is 0. The summed E-state index contributed by atoms with van der Waals surface area (Å²) < 4.78 is 0. The molecule has 0 saturated heterocycles. The Balaban J connectivity index is 0. The van der Waals surface area contributed by atoms with Crippen LogP contribution in [0.1, 0.15) is 0 Å². The molecule has 0 fully saturated rings. The Labute approximate surface area is 87.0 Å². The molecule has 0 amide bonds. The first kappa shape index (κ1) is 47.8. The van der Waals surface area contributed by atoms with E-state index in [4.69, 9.17) is 0 Å². The SMILES string of the molecule is [AlH3].[Fe].[Mo].[SiH4].[Ti]. The molecule has 0 aliphatic carbocycles. The van der Waals surface area contributed by atoms with Gasteiger partial charge in [0.1, 0.15) is 0 Å². The topological polar surface area (TPSA) is 0 Å². The maximum atomic E-state index is 0. The molecular formula is H7AlFeMoSiTi. The van der Waals surface area contributed by atoms with Crippen LogP contribution >= 0.6 is 0 Å². The Hall–Kier alpha value is 2.67. The molecule has 0 aliphatic rings. The predicted molar refractivity (Wildman–Crippen MR) is 21.3 cm³/mol. The van der Waals surface area contributed by atoms with Crippen molar-refractivity contribution in [2.45, 2.75) is 0 Å². The summed E-state index contributed by atoms with van der Waals surface area (Å²) >= 11 is 0. The van der Waals surface area contributed by atoms with E-state index in [1.807, 2.05) is 0 Å². The van der Waals surface area contributed by atoms with Gasteiger partial charge in [-0.2, -0.15) is 0 Å². The van der Waals surface area contributed by atoms with Gasteiger partial charge < -0.3 is 0 Å². The molecule has 0 unspecified atom stereocenters. The largest absolute Gasteiger partial charge is 0.187 e. The number of hydrogen-bond acceptors (Lipinski definition) is 0. The average Bonchev–Trinajstić information content (AvgIpc) is 0. The van der Waals surface area contributed by atoms with E-state index in [2.05, 4.69) is 0 Å². The van der Waals surface area contributed by atoms with Crippen molar-refractivity contribution in [3.63, 3.8) is 0 Å². The van der Waals surface area contributed by atoms with Gasteiger partial charge in [0.2, 0.25) is 0 Å². The van der Waals surface area contributed by atoms with Crippen molar-refractivity contribution in [3.8, 4) is 0 Å². The van der Waals surface area contributed by atoms with Crippen LogP contribution in [0.2, 0.25) is 0 Å². The first-order valence-corrected chi connectivity index (χ1v) is 0. The summed E-state index contributed by atoms with van der Waals surface area (Å²) in [6.07, 6.45) is 0. The number of hydrogen-bond donors (Lipinski definition) is 0. The van der Waals surface area contributed by atoms with E-state index in [0.29, 0.717) is 0 Å². The molecule has 0 aromatic heterocycles. The maximum Gasteiger partial charge on any atom is 0.187 e. The van der Waals surface area contributed by atoms with Crippen molar-refractivity contribution in [1.29, 1.82) is 0 Å². The quantitative estimate of drug-likeness (QED) is 0.418. The van der Waals surface area contributed by atoms with Gasteiger partial charge in [-0.15, -0.1) is 0 Å². The van der Waals surface area contributed by atoms with Crippen molar-refractivity contribution < 1.29 is 59.9 Å². The summed E-state index contributed by atoms with van der Waals surface area (Å²) in [6, 6.07) is 0. The Morgan fingerprint density at radius 3 is 1.00 bits per heavy atom. The van der Waals surface area contributed by atoms with E-state index < -0.39 is 0 Å². The first-order valence-electron chi connectivity index (χ1n) is 0. The normalized spacial score (nSPS) is 0. The fraction of sp³-hybridized carbons (Fsp3) is 0. The zero-order valence-electron chi connectivity index (χ0n) is 1.26. The molecule has 0 saturated carbocycles. The summed E-state index contributed by atoms with van der Waals surface area (Å²) in [4.78, 5) is 0. The van der Waals surface area contributed by atoms with Gasteiger partial charge in [-0.1, -0.05) is 0 Å². The molecule has 0 aromatic carbocycles. The second kappa shape index (κ2) is 30.1. The van der Waals surface area contributed by atoms with Gasteiger partial charge in [0.25, 0.3) is 0 Å². The van der Waals surface area contributed by atoms with Crippen LogP contribution in [0.3, 0.4) is 0 Å². The first-order chi connectivity index (χ1) is 0. The Bertz CT molecular complexity index is 11.6. The molecule has 0 heterocycles. The van der Waals surface area contributed by atoms with Crippen molar-refractivity contribution in [2.75, 3.05) is 0 Å². The molecule has 5 heteroatoms. The summed E-state index contributed by atoms with van der Waals surface area (Å²) in [7, 11) is 0. The van der Waals surface area contributed by atoms with Gasteiger partial charge in [-0.05, 0) is 11.0 Å². The van der Waals surface area contributed by atoms with E-state index in [0.717, 1.165) is 0 Å². The van der Waals surface area contributed by atoms with Crippen LogP contribution in [0.5, 0.6) is 0 Å². The van der Waals surface area contributed by atoms with Crippen LogP contribution in [0.15, 0.2) is 0 Å². The van der Waals surface area contributed by atoms with E-state index in [1.54, 1.807) is 0 Å². The third kappa shape index (κ3) is 20.4. The van der Waals surface area contributed by atoms with Crippen LogP contribution in [-0.2, 0) is 59.9 Å². The van der Waals surface area contributed by atoms with E-state index in [1.165, 1.54) is 0 Å². The number of rotatable bonds is 0. The van der Waals surface area contributed by atoms with Crippen LogP contribution in [-0.4, -0.2) is 28.3 Å². The summed E-state index contributed by atoms with van der Waals surface area (Å²) in [5.41, 5.74) is 0. The minimum atomic E-state index is 0. The molecule has 0 rings (SSSR count). The van der Waals surface area contributed by atoms with Gasteiger partial charge in [0, 0.05) is 59.9 Å². The zero-order chi connectivity index (χ0) is 0. The van der Waals surface area contributed by atoms with Gasteiger partial charge in [-0.25, -0.2) is 0 Å².